The van der Waals surface area contributed by atoms with Crippen molar-refractivity contribution in [3.8, 4) is 0 Å². The molecule has 0 aliphatic heterocycles. The van der Waals surface area contributed by atoms with Gasteiger partial charge in [0, 0.05) is 11.3 Å². The highest BCUT2D eigenvalue weighted by Gasteiger charge is 2.80. The van der Waals surface area contributed by atoms with Crippen molar-refractivity contribution in [1.29, 1.82) is 0 Å². The molecular formula is C26H25NO6. The van der Waals surface area contributed by atoms with Gasteiger partial charge in [0.05, 0.1) is 5.41 Å². The fourth-order valence-electron chi connectivity index (χ4n) is 6.17. The van der Waals surface area contributed by atoms with Crippen molar-refractivity contribution in [2.24, 2.45) is 5.41 Å². The third-order valence-corrected chi connectivity index (χ3v) is 7.49. The molecule has 0 spiro atoms. The highest BCUT2D eigenvalue weighted by atomic mass is 16.6. The van der Waals surface area contributed by atoms with E-state index in [0.29, 0.717) is 10.9 Å². The Kier molecular flexibility index (Phi) is 5.33. The van der Waals surface area contributed by atoms with Crippen molar-refractivity contribution in [2.75, 3.05) is 0 Å². The molecule has 170 valence electrons. The van der Waals surface area contributed by atoms with Gasteiger partial charge < -0.3 is 10.2 Å². The van der Waals surface area contributed by atoms with Crippen molar-refractivity contribution >= 4 is 22.5 Å². The van der Waals surface area contributed by atoms with Crippen LogP contribution in [-0.2, 0) is 20.6 Å². The molecular weight excluding hydrogens is 422 g/mol. The van der Waals surface area contributed by atoms with Crippen LogP contribution in [0.15, 0.2) is 72.8 Å². The summed E-state index contributed by atoms with van der Waals surface area (Å²) in [7, 11) is 0. The van der Waals surface area contributed by atoms with Crippen LogP contribution in [0.4, 0.5) is 0 Å². The van der Waals surface area contributed by atoms with Gasteiger partial charge in [-0.2, -0.15) is 0 Å². The molecule has 1 aliphatic rings. The van der Waals surface area contributed by atoms with E-state index < -0.39 is 45.6 Å². The second kappa shape index (κ2) is 7.78. The van der Waals surface area contributed by atoms with Crippen LogP contribution < -0.4 is 0 Å². The van der Waals surface area contributed by atoms with Crippen LogP contribution in [0.1, 0.15) is 37.8 Å². The summed E-state index contributed by atoms with van der Waals surface area (Å²) in [6.07, 6.45) is -0.634. The Hall–Kier alpha value is -3.58. The lowest BCUT2D eigenvalue weighted by atomic mass is 9.56. The maximum atomic E-state index is 13.3. The number of carbonyl (C=O) groups excluding carboxylic acids is 1. The number of benzene rings is 3. The molecule has 0 aromatic heterocycles. The summed E-state index contributed by atoms with van der Waals surface area (Å²) in [4.78, 5) is 38.4. The Morgan fingerprint density at radius 1 is 1.03 bits per heavy atom. The van der Waals surface area contributed by atoms with Crippen molar-refractivity contribution in [3.05, 3.63) is 94.0 Å². The topological polar surface area (TPSA) is 118 Å². The Morgan fingerprint density at radius 3 is 2.21 bits per heavy atom. The van der Waals surface area contributed by atoms with Crippen LogP contribution in [-0.4, -0.2) is 32.9 Å². The summed E-state index contributed by atoms with van der Waals surface area (Å²) >= 11 is 0. The molecule has 1 saturated carbocycles. The van der Waals surface area contributed by atoms with Crippen LogP contribution in [0.5, 0.6) is 0 Å². The number of Topliss-reactive ketones (excluding diaryl/α,β-unsaturated/α-hetero) is 1. The van der Waals surface area contributed by atoms with Gasteiger partial charge >= 0.3 is 5.97 Å². The van der Waals surface area contributed by atoms with Gasteiger partial charge in [0.15, 0.2) is 5.60 Å². The number of rotatable bonds is 6. The van der Waals surface area contributed by atoms with Gasteiger partial charge in [0.25, 0.3) is 6.04 Å². The highest BCUT2D eigenvalue weighted by molar-refractivity contribution is 6.06. The van der Waals surface area contributed by atoms with Crippen LogP contribution in [0.2, 0.25) is 0 Å². The molecule has 4 rings (SSSR count). The van der Waals surface area contributed by atoms with Crippen molar-refractivity contribution < 1.29 is 24.7 Å². The van der Waals surface area contributed by atoms with E-state index in [1.165, 1.54) is 12.1 Å². The zero-order valence-corrected chi connectivity index (χ0v) is 18.4. The van der Waals surface area contributed by atoms with Gasteiger partial charge in [0.2, 0.25) is 0 Å². The second-order valence-corrected chi connectivity index (χ2v) is 8.77. The molecule has 33 heavy (non-hydrogen) atoms. The molecule has 7 nitrogen and oxygen atoms in total. The van der Waals surface area contributed by atoms with Crippen LogP contribution >= 0.6 is 0 Å². The lowest BCUT2D eigenvalue weighted by Crippen LogP contribution is -2.58. The molecule has 3 aromatic carbocycles. The summed E-state index contributed by atoms with van der Waals surface area (Å²) in [6.45, 7) is 2.80. The van der Waals surface area contributed by atoms with Crippen LogP contribution in [0, 0.1) is 15.5 Å². The Bertz CT molecular complexity index is 1240. The van der Waals surface area contributed by atoms with E-state index in [1.807, 2.05) is 18.2 Å². The minimum absolute atomic E-state index is 0.0340. The number of nitrogens with zero attached hydrogens (tertiary/aromatic N) is 1. The van der Waals surface area contributed by atoms with E-state index >= 15 is 0 Å². The predicted octanol–water partition coefficient (Wildman–Crippen LogP) is 4.08. The summed E-state index contributed by atoms with van der Waals surface area (Å²) in [5.41, 5.74) is -5.60. The first-order chi connectivity index (χ1) is 15.7. The number of fused-ring (bicyclic) bond motifs is 1. The first kappa shape index (κ1) is 22.6. The number of ketones is 1. The van der Waals surface area contributed by atoms with E-state index in [1.54, 1.807) is 49.4 Å². The average Bonchev–Trinajstić information content (AvgIpc) is 3.07. The third kappa shape index (κ3) is 2.85. The average molecular weight is 447 g/mol. The van der Waals surface area contributed by atoms with Gasteiger partial charge in [-0.15, -0.1) is 0 Å². The zero-order valence-electron chi connectivity index (χ0n) is 18.4. The molecule has 2 N–H and O–H groups in total. The lowest BCUT2D eigenvalue weighted by molar-refractivity contribution is -0.555. The largest absolute Gasteiger partial charge is 0.480 e. The second-order valence-electron chi connectivity index (χ2n) is 8.77. The Morgan fingerprint density at radius 2 is 1.64 bits per heavy atom. The van der Waals surface area contributed by atoms with Gasteiger partial charge in [0.1, 0.15) is 11.2 Å². The van der Waals surface area contributed by atoms with Gasteiger partial charge in [-0.3, -0.25) is 19.7 Å². The molecule has 0 amide bonds. The van der Waals surface area contributed by atoms with E-state index in [2.05, 4.69) is 0 Å². The number of carbonyl (C=O) groups is 2. The maximum Gasteiger partial charge on any atom is 0.318 e. The number of carboxylic acid groups (broad SMARTS) is 1. The van der Waals surface area contributed by atoms with E-state index in [0.717, 1.165) is 12.3 Å². The number of carboxylic acids is 1. The van der Waals surface area contributed by atoms with E-state index in [9.17, 15) is 29.9 Å². The first-order valence-corrected chi connectivity index (χ1v) is 10.8. The van der Waals surface area contributed by atoms with Gasteiger partial charge in [-0.05, 0) is 35.2 Å². The van der Waals surface area contributed by atoms with Crippen molar-refractivity contribution in [2.45, 2.75) is 43.7 Å². The van der Waals surface area contributed by atoms with Gasteiger partial charge in [-0.1, -0.05) is 79.7 Å². The van der Waals surface area contributed by atoms with Crippen LogP contribution in [0.25, 0.3) is 10.8 Å². The van der Waals surface area contributed by atoms with E-state index in [-0.39, 0.29) is 12.0 Å². The lowest BCUT2D eigenvalue weighted by Gasteiger charge is -2.42. The van der Waals surface area contributed by atoms with Gasteiger partial charge in [-0.25, -0.2) is 0 Å². The van der Waals surface area contributed by atoms with Crippen molar-refractivity contribution in [1.82, 2.24) is 0 Å². The fraction of sp³-hybridized carbons (Fsp3) is 0.308. The summed E-state index contributed by atoms with van der Waals surface area (Å²) in [5.74, 6) is -2.19. The highest BCUT2D eigenvalue weighted by Crippen LogP contribution is 2.65. The van der Waals surface area contributed by atoms with E-state index in [4.69, 9.17) is 0 Å². The molecule has 1 fully saturated rings. The number of aliphatic carboxylic acids is 1. The molecule has 3 aromatic rings. The SMILES string of the molecule is CC[C@]1(c2cccc3ccccc23)[C@H]([N+](=O)[O-])[C@@](O)(c2ccccc2)C[C@@]1(C(C)=O)C(=O)O. The summed E-state index contributed by atoms with van der Waals surface area (Å²) in [6, 6.07) is 18.6. The molecule has 1 aliphatic carbocycles. The quantitative estimate of drug-likeness (QED) is 0.334. The normalized spacial score (nSPS) is 29.1. The molecule has 7 heteroatoms. The van der Waals surface area contributed by atoms with Crippen molar-refractivity contribution in [3.63, 3.8) is 0 Å². The standard InChI is InChI=1S/C26H25NO6/c1-3-24(21-15-9-11-18-10-7-8-14-20(18)21)22(27(32)33)26(31,19-12-5-4-6-13-19)16-25(24,17(2)28)23(29)30/h4-15,22,31H,3,16H2,1-2H3,(H,29,30)/t22-,24-,25+,26-/m0/s1. The zero-order chi connectivity index (χ0) is 24.0. The minimum atomic E-state index is -2.21. The molecule has 0 unspecified atom stereocenters. The minimum Gasteiger partial charge on any atom is -0.480 e. The smallest absolute Gasteiger partial charge is 0.318 e. The number of nitro groups is 1. The Labute approximate surface area is 190 Å². The van der Waals surface area contributed by atoms with Crippen LogP contribution in [0.3, 0.4) is 0 Å². The molecule has 0 bridgehead atoms. The summed E-state index contributed by atoms with van der Waals surface area (Å²) in [5, 5.41) is 36.7. The number of hydrogen-bond donors (Lipinski definition) is 2. The summed E-state index contributed by atoms with van der Waals surface area (Å²) < 4.78 is 0. The fourth-order valence-corrected chi connectivity index (χ4v) is 6.17. The Balaban J connectivity index is 2.21. The molecule has 0 saturated heterocycles. The molecule has 4 atom stereocenters. The monoisotopic (exact) mass is 447 g/mol. The maximum absolute atomic E-state index is 13.3. The predicted molar refractivity (Wildman–Crippen MR) is 122 cm³/mol. The third-order valence-electron chi connectivity index (χ3n) is 7.49. The number of aliphatic hydroxyl groups is 1. The molecule has 0 radical (unpaired) electrons. The first-order valence-electron chi connectivity index (χ1n) is 10.8. The number of hydrogen-bond acceptors (Lipinski definition) is 5. The molecule has 0 heterocycles.